The zero-order chi connectivity index (χ0) is 13.7. The summed E-state index contributed by atoms with van der Waals surface area (Å²) in [5.41, 5.74) is 0.961. The van der Waals surface area contributed by atoms with Crippen LogP contribution in [0.25, 0.3) is 0 Å². The molecular formula is C15H22N2O2. The van der Waals surface area contributed by atoms with Crippen molar-refractivity contribution >= 4 is 11.8 Å². The van der Waals surface area contributed by atoms with Crippen LogP contribution < -0.4 is 5.32 Å². The number of nitrogens with zero attached hydrogens (tertiary/aromatic N) is 1. The highest BCUT2D eigenvalue weighted by Gasteiger charge is 2.34. The molecule has 0 saturated heterocycles. The summed E-state index contributed by atoms with van der Waals surface area (Å²) in [4.78, 5) is 15.8. The number of hydrogen-bond acceptors (Lipinski definition) is 4. The number of carbonyl (C=O) groups is 1. The van der Waals surface area contributed by atoms with Crippen LogP contribution in [0, 0.1) is 5.41 Å². The van der Waals surface area contributed by atoms with Crippen molar-refractivity contribution in [2.24, 2.45) is 5.41 Å². The van der Waals surface area contributed by atoms with Gasteiger partial charge in [-0.25, -0.2) is 9.78 Å². The molecule has 0 unspecified atom stereocenters. The van der Waals surface area contributed by atoms with Crippen molar-refractivity contribution in [3.8, 4) is 0 Å². The van der Waals surface area contributed by atoms with Gasteiger partial charge in [0.2, 0.25) is 0 Å². The average Bonchev–Trinajstić information content (AvgIpc) is 2.39. The Kier molecular flexibility index (Phi) is 4.40. The normalized spacial score (nSPS) is 16.5. The third-order valence-corrected chi connectivity index (χ3v) is 4.08. The Morgan fingerprint density at radius 2 is 2.21 bits per heavy atom. The van der Waals surface area contributed by atoms with Crippen LogP contribution in [-0.2, 0) is 4.74 Å². The molecule has 2 rings (SSSR count). The number of anilines is 1. The summed E-state index contributed by atoms with van der Waals surface area (Å²) in [5, 5.41) is 3.37. The third kappa shape index (κ3) is 3.25. The topological polar surface area (TPSA) is 51.2 Å². The number of aromatic nitrogens is 1. The fourth-order valence-electron chi connectivity index (χ4n) is 2.44. The number of pyridine rings is 1. The van der Waals surface area contributed by atoms with E-state index in [2.05, 4.69) is 17.2 Å². The highest BCUT2D eigenvalue weighted by molar-refractivity contribution is 5.89. The van der Waals surface area contributed by atoms with E-state index in [0.29, 0.717) is 17.6 Å². The number of carbonyl (C=O) groups excluding carboxylic acids is 1. The van der Waals surface area contributed by atoms with Gasteiger partial charge in [-0.2, -0.15) is 0 Å². The average molecular weight is 262 g/mol. The Morgan fingerprint density at radius 3 is 2.68 bits per heavy atom. The van der Waals surface area contributed by atoms with Crippen LogP contribution in [0.5, 0.6) is 0 Å². The SMILES string of the molecule is CCOC(=O)c1ccc(NCC2(CC)CCC2)nc1. The third-order valence-electron chi connectivity index (χ3n) is 4.08. The molecule has 1 saturated carbocycles. The lowest BCUT2D eigenvalue weighted by atomic mass is 9.67. The summed E-state index contributed by atoms with van der Waals surface area (Å²) in [5.74, 6) is 0.512. The zero-order valence-electron chi connectivity index (χ0n) is 11.7. The molecule has 0 radical (unpaired) electrons. The lowest BCUT2D eigenvalue weighted by Crippen LogP contribution is -2.36. The Labute approximate surface area is 114 Å². The van der Waals surface area contributed by atoms with E-state index in [1.54, 1.807) is 19.2 Å². The van der Waals surface area contributed by atoms with Crippen molar-refractivity contribution in [3.05, 3.63) is 23.9 Å². The quantitative estimate of drug-likeness (QED) is 0.799. The molecule has 19 heavy (non-hydrogen) atoms. The van der Waals surface area contributed by atoms with E-state index in [0.717, 1.165) is 12.4 Å². The van der Waals surface area contributed by atoms with Gasteiger partial charge in [0.25, 0.3) is 0 Å². The molecule has 0 atom stereocenters. The van der Waals surface area contributed by atoms with Crippen LogP contribution in [-0.4, -0.2) is 24.1 Å². The summed E-state index contributed by atoms with van der Waals surface area (Å²) in [6.07, 6.45) is 6.72. The lowest BCUT2D eigenvalue weighted by molar-refractivity contribution is 0.0526. The minimum absolute atomic E-state index is 0.314. The summed E-state index contributed by atoms with van der Waals surface area (Å²) >= 11 is 0. The zero-order valence-corrected chi connectivity index (χ0v) is 11.7. The van der Waals surface area contributed by atoms with Crippen molar-refractivity contribution in [1.29, 1.82) is 0 Å². The van der Waals surface area contributed by atoms with E-state index in [4.69, 9.17) is 4.74 Å². The molecule has 1 fully saturated rings. The van der Waals surface area contributed by atoms with Gasteiger partial charge in [0, 0.05) is 12.7 Å². The number of hydrogen-bond donors (Lipinski definition) is 1. The summed E-state index contributed by atoms with van der Waals surface area (Å²) < 4.78 is 4.93. The fourth-order valence-corrected chi connectivity index (χ4v) is 2.44. The minimum Gasteiger partial charge on any atom is -0.462 e. The molecule has 0 bridgehead atoms. The maximum Gasteiger partial charge on any atom is 0.339 e. The molecule has 4 heteroatoms. The predicted octanol–water partition coefficient (Wildman–Crippen LogP) is 3.25. The van der Waals surface area contributed by atoms with E-state index >= 15 is 0 Å². The van der Waals surface area contributed by atoms with Gasteiger partial charge in [0.1, 0.15) is 5.82 Å². The second-order valence-electron chi connectivity index (χ2n) is 5.21. The lowest BCUT2D eigenvalue weighted by Gasteiger charge is -2.41. The standard InChI is InChI=1S/C15H22N2O2/c1-3-15(8-5-9-15)11-17-13-7-6-12(10-16-13)14(18)19-4-2/h6-7,10H,3-5,8-9,11H2,1-2H3,(H,16,17). The first kappa shape index (κ1) is 13.8. The van der Waals surface area contributed by atoms with Gasteiger partial charge in [0.05, 0.1) is 12.2 Å². The van der Waals surface area contributed by atoms with Crippen LogP contribution >= 0.6 is 0 Å². The summed E-state index contributed by atoms with van der Waals surface area (Å²) in [6.45, 7) is 5.40. The van der Waals surface area contributed by atoms with Crippen LogP contribution in [0.2, 0.25) is 0 Å². The predicted molar refractivity (Wildman–Crippen MR) is 75.3 cm³/mol. The van der Waals surface area contributed by atoms with Crippen LogP contribution in [0.1, 0.15) is 49.9 Å². The van der Waals surface area contributed by atoms with Gasteiger partial charge in [-0.15, -0.1) is 0 Å². The molecule has 1 aliphatic carbocycles. The van der Waals surface area contributed by atoms with E-state index in [1.807, 2.05) is 6.07 Å². The first-order valence-electron chi connectivity index (χ1n) is 7.06. The summed E-state index contributed by atoms with van der Waals surface area (Å²) in [7, 11) is 0. The molecule has 0 amide bonds. The first-order chi connectivity index (χ1) is 9.19. The Bertz CT molecular complexity index is 419. The van der Waals surface area contributed by atoms with E-state index in [-0.39, 0.29) is 5.97 Å². The maximum atomic E-state index is 11.5. The smallest absolute Gasteiger partial charge is 0.339 e. The fraction of sp³-hybridized carbons (Fsp3) is 0.600. The van der Waals surface area contributed by atoms with Crippen molar-refractivity contribution < 1.29 is 9.53 Å². The second kappa shape index (κ2) is 6.04. The van der Waals surface area contributed by atoms with Crippen molar-refractivity contribution in [3.63, 3.8) is 0 Å². The van der Waals surface area contributed by atoms with Crippen LogP contribution in [0.4, 0.5) is 5.82 Å². The van der Waals surface area contributed by atoms with Crippen LogP contribution in [0.15, 0.2) is 18.3 Å². The monoisotopic (exact) mass is 262 g/mol. The van der Waals surface area contributed by atoms with Gasteiger partial charge in [-0.3, -0.25) is 0 Å². The number of rotatable bonds is 6. The van der Waals surface area contributed by atoms with Crippen molar-refractivity contribution in [2.75, 3.05) is 18.5 Å². The van der Waals surface area contributed by atoms with Crippen molar-refractivity contribution in [1.82, 2.24) is 4.98 Å². The molecule has 0 aliphatic heterocycles. The van der Waals surface area contributed by atoms with Crippen LogP contribution in [0.3, 0.4) is 0 Å². The molecule has 4 nitrogen and oxygen atoms in total. The highest BCUT2D eigenvalue weighted by atomic mass is 16.5. The molecule has 1 aromatic rings. The molecule has 1 N–H and O–H groups in total. The molecule has 1 aliphatic rings. The number of nitrogens with one attached hydrogen (secondary N) is 1. The highest BCUT2D eigenvalue weighted by Crippen LogP contribution is 2.43. The van der Waals surface area contributed by atoms with Crippen molar-refractivity contribution in [2.45, 2.75) is 39.5 Å². The van der Waals surface area contributed by atoms with Gasteiger partial charge >= 0.3 is 5.97 Å². The van der Waals surface area contributed by atoms with E-state index in [9.17, 15) is 4.79 Å². The molecule has 0 aromatic carbocycles. The molecule has 1 heterocycles. The number of esters is 1. The molecule has 104 valence electrons. The second-order valence-corrected chi connectivity index (χ2v) is 5.21. The molecule has 0 spiro atoms. The maximum absolute atomic E-state index is 11.5. The largest absolute Gasteiger partial charge is 0.462 e. The Hall–Kier alpha value is -1.58. The Morgan fingerprint density at radius 1 is 1.42 bits per heavy atom. The van der Waals surface area contributed by atoms with Gasteiger partial charge in [-0.1, -0.05) is 13.3 Å². The number of ether oxygens (including phenoxy) is 1. The Balaban J connectivity index is 1.90. The van der Waals surface area contributed by atoms with E-state index in [1.165, 1.54) is 25.7 Å². The first-order valence-corrected chi connectivity index (χ1v) is 7.06. The molecule has 1 aromatic heterocycles. The minimum atomic E-state index is -0.314. The summed E-state index contributed by atoms with van der Waals surface area (Å²) in [6, 6.07) is 3.60. The van der Waals surface area contributed by atoms with Gasteiger partial charge < -0.3 is 10.1 Å². The van der Waals surface area contributed by atoms with Gasteiger partial charge in [-0.05, 0) is 43.7 Å². The molecular weight excluding hydrogens is 240 g/mol. The van der Waals surface area contributed by atoms with E-state index < -0.39 is 0 Å². The van der Waals surface area contributed by atoms with Gasteiger partial charge in [0.15, 0.2) is 0 Å².